The van der Waals surface area contributed by atoms with Gasteiger partial charge in [-0.2, -0.15) is 0 Å². The van der Waals surface area contributed by atoms with E-state index >= 15 is 0 Å². The van der Waals surface area contributed by atoms with Crippen LogP contribution in [-0.4, -0.2) is 21.1 Å². The van der Waals surface area contributed by atoms with Crippen LogP contribution in [0, 0.1) is 0 Å². The van der Waals surface area contributed by atoms with Crippen LogP contribution >= 0.6 is 0 Å². The van der Waals surface area contributed by atoms with Gasteiger partial charge in [-0.25, -0.2) is 0 Å². The molecule has 0 bridgehead atoms. The molecule has 0 spiro atoms. The van der Waals surface area contributed by atoms with Gasteiger partial charge in [-0.05, 0) is 0 Å². The Morgan fingerprint density at radius 2 is 0.833 bits per heavy atom. The van der Waals surface area contributed by atoms with E-state index in [4.69, 9.17) is 0 Å². The third-order valence-corrected chi connectivity index (χ3v) is 8.18. The average Bonchev–Trinajstić information content (AvgIpc) is 2.35. The molecule has 18 heavy (non-hydrogen) atoms. The van der Waals surface area contributed by atoms with Crippen molar-refractivity contribution in [1.82, 2.24) is 0 Å². The molecule has 0 saturated heterocycles. The smallest absolute Gasteiger partial charge is 0.813 e. The molecule has 0 aliphatic rings. The first-order valence-corrected chi connectivity index (χ1v) is 12.9. The summed E-state index contributed by atoms with van der Waals surface area (Å²) in [7, 11) is 0. The molecule has 0 aromatic rings. The van der Waals surface area contributed by atoms with Crippen molar-refractivity contribution in [3.63, 3.8) is 0 Å². The summed E-state index contributed by atoms with van der Waals surface area (Å²) < 4.78 is 3.35. The van der Waals surface area contributed by atoms with Gasteiger partial charge in [-0.15, -0.1) is 0 Å². The molecule has 0 N–H and O–H groups in total. The van der Waals surface area contributed by atoms with Crippen LogP contribution in [0.2, 0.25) is 8.87 Å². The van der Waals surface area contributed by atoms with Gasteiger partial charge in [0, 0.05) is 0 Å². The molecule has 0 fully saturated rings. The molecule has 0 atom stereocenters. The van der Waals surface area contributed by atoms with E-state index in [9.17, 15) is 0 Å². The predicted octanol–water partition coefficient (Wildman–Crippen LogP) is 5.71. The number of hydrogen-bond acceptors (Lipinski definition) is 1. The topological polar surface area (TPSA) is 0 Å². The quantitative estimate of drug-likeness (QED) is 0.161. The first-order chi connectivity index (χ1) is 8.41. The van der Waals surface area contributed by atoms with E-state index in [-0.39, 0.29) is 34.6 Å². The Labute approximate surface area is 134 Å². The third kappa shape index (κ3) is 19.5. The molecule has 110 valence electrons. The van der Waals surface area contributed by atoms with E-state index in [0.717, 1.165) is 0 Å². The van der Waals surface area contributed by atoms with Crippen LogP contribution in [-0.2, 0) is 13.5 Å². The van der Waals surface area contributed by atoms with Crippen LogP contribution in [0.1, 0.15) is 90.9 Å². The minimum atomic E-state index is -0.0928. The van der Waals surface area contributed by atoms with Gasteiger partial charge in [0.25, 0.3) is 0 Å². The standard InChI is InChI=1S/2C8H17.H2S.Sn.H/c2*1-3-5-7-8-6-4-2;;;/h2*1,3-8H2,2H3;1H2;;/q;;;+1;/p-1. The first-order valence-electron chi connectivity index (χ1n) is 8.23. The van der Waals surface area contributed by atoms with Crippen molar-refractivity contribution < 1.29 is 0 Å². The third-order valence-electron chi connectivity index (χ3n) is 3.52. The SMILES string of the molecule is CCCCCCC[CH2][SnH+][CH2]CCCCCCC.[SH-]. The Balaban J connectivity index is 0. The summed E-state index contributed by atoms with van der Waals surface area (Å²) in [5, 5.41) is 0. The maximum atomic E-state index is 2.30. The first kappa shape index (κ1) is 21.4. The molecule has 0 radical (unpaired) electrons. The summed E-state index contributed by atoms with van der Waals surface area (Å²) >= 11 is -0.0928. The van der Waals surface area contributed by atoms with Gasteiger partial charge in [0.05, 0.1) is 0 Å². The second kappa shape index (κ2) is 20.5. The van der Waals surface area contributed by atoms with Crippen molar-refractivity contribution >= 4 is 34.6 Å². The Kier molecular flexibility index (Phi) is 24.4. The molecule has 0 aliphatic heterocycles. The van der Waals surface area contributed by atoms with Gasteiger partial charge < -0.3 is 13.5 Å². The summed E-state index contributed by atoms with van der Waals surface area (Å²) in [6, 6.07) is 0. The molecule has 0 unspecified atom stereocenters. The Morgan fingerprint density at radius 1 is 0.500 bits per heavy atom. The van der Waals surface area contributed by atoms with Gasteiger partial charge in [-0.1, -0.05) is 0 Å². The van der Waals surface area contributed by atoms with Gasteiger partial charge in [0.1, 0.15) is 0 Å². The Hall–Kier alpha value is 1.15. The normalized spacial score (nSPS) is 10.1. The second-order valence-corrected chi connectivity index (χ2v) is 10.3. The van der Waals surface area contributed by atoms with Crippen molar-refractivity contribution in [3.05, 3.63) is 0 Å². The van der Waals surface area contributed by atoms with Gasteiger partial charge >= 0.3 is 121 Å². The molecule has 0 nitrogen and oxygen atoms in total. The van der Waals surface area contributed by atoms with Crippen LogP contribution < -0.4 is 0 Å². The maximum absolute atomic E-state index is 2.30. The van der Waals surface area contributed by atoms with Crippen molar-refractivity contribution in [1.29, 1.82) is 0 Å². The van der Waals surface area contributed by atoms with Crippen molar-refractivity contribution in [2.75, 3.05) is 0 Å². The molecule has 0 saturated carbocycles. The molecular weight excluding hydrogens is 343 g/mol. The molecule has 0 heterocycles. The van der Waals surface area contributed by atoms with Crippen LogP contribution in [0.5, 0.6) is 0 Å². The maximum Gasteiger partial charge on any atom is -0.813 e. The van der Waals surface area contributed by atoms with Crippen LogP contribution in [0.15, 0.2) is 0 Å². The van der Waals surface area contributed by atoms with Crippen molar-refractivity contribution in [2.24, 2.45) is 0 Å². The zero-order chi connectivity index (χ0) is 12.6. The fourth-order valence-corrected chi connectivity index (χ4v) is 6.40. The Bertz CT molecular complexity index is 114. The molecule has 0 aromatic carbocycles. The van der Waals surface area contributed by atoms with E-state index in [2.05, 4.69) is 13.8 Å². The summed E-state index contributed by atoms with van der Waals surface area (Å²) in [5.74, 6) is 0. The summed E-state index contributed by atoms with van der Waals surface area (Å²) in [5.41, 5.74) is 0. The zero-order valence-electron chi connectivity index (χ0n) is 12.9. The number of rotatable bonds is 14. The van der Waals surface area contributed by atoms with Gasteiger partial charge in [0.15, 0.2) is 0 Å². The summed E-state index contributed by atoms with van der Waals surface area (Å²) in [6.45, 7) is 4.60. The van der Waals surface area contributed by atoms with Crippen molar-refractivity contribution in [3.8, 4) is 0 Å². The number of thiol groups is 1. The largest absolute Gasteiger partial charge is 0.813 e. The molecule has 2 heteroatoms. The molecule has 0 aliphatic carbocycles. The van der Waals surface area contributed by atoms with Crippen LogP contribution in [0.3, 0.4) is 0 Å². The number of hydrogen-bond donors (Lipinski definition) is 0. The molecule has 0 aromatic heterocycles. The monoisotopic (exact) mass is 380 g/mol. The minimum Gasteiger partial charge on any atom is -0.813 e. The molecule has 0 amide bonds. The molecular formula is C16H36SSn. The second-order valence-electron chi connectivity index (χ2n) is 5.40. The summed E-state index contributed by atoms with van der Waals surface area (Å²) in [4.78, 5) is 0. The van der Waals surface area contributed by atoms with Crippen LogP contribution in [0.4, 0.5) is 0 Å². The van der Waals surface area contributed by atoms with Crippen LogP contribution in [0.25, 0.3) is 0 Å². The van der Waals surface area contributed by atoms with Gasteiger partial charge in [-0.3, -0.25) is 0 Å². The van der Waals surface area contributed by atoms with E-state index < -0.39 is 0 Å². The minimum absolute atomic E-state index is 0. The van der Waals surface area contributed by atoms with E-state index in [0.29, 0.717) is 0 Å². The van der Waals surface area contributed by atoms with E-state index in [1.54, 1.807) is 21.7 Å². The Morgan fingerprint density at radius 3 is 1.22 bits per heavy atom. The number of unbranched alkanes of at least 4 members (excludes halogenated alkanes) is 10. The zero-order valence-corrected chi connectivity index (χ0v) is 17.1. The summed E-state index contributed by atoms with van der Waals surface area (Å²) in [6.07, 6.45) is 17.9. The van der Waals surface area contributed by atoms with Gasteiger partial charge in [0.2, 0.25) is 0 Å². The fourth-order valence-electron chi connectivity index (χ4n) is 2.28. The fraction of sp³-hybridized carbons (Fsp3) is 1.00. The average molecular weight is 379 g/mol. The molecule has 0 rings (SSSR count). The van der Waals surface area contributed by atoms with E-state index in [1.807, 2.05) is 0 Å². The van der Waals surface area contributed by atoms with E-state index in [1.165, 1.54) is 64.2 Å². The predicted molar refractivity (Wildman–Crippen MR) is 92.3 cm³/mol. The van der Waals surface area contributed by atoms with Crippen molar-refractivity contribution in [2.45, 2.75) is 99.8 Å².